The van der Waals surface area contributed by atoms with Crippen molar-refractivity contribution < 1.29 is 23.7 Å². The Bertz CT molecular complexity index is 973. The van der Waals surface area contributed by atoms with E-state index in [1.807, 2.05) is 29.2 Å². The van der Waals surface area contributed by atoms with Gasteiger partial charge in [0.1, 0.15) is 5.75 Å². The molecule has 0 aromatic heterocycles. The van der Waals surface area contributed by atoms with Crippen molar-refractivity contribution in [2.24, 2.45) is 5.73 Å². The van der Waals surface area contributed by atoms with Crippen molar-refractivity contribution >= 4 is 30.7 Å². The Kier molecular flexibility index (Phi) is 13.2. The van der Waals surface area contributed by atoms with Crippen molar-refractivity contribution in [3.8, 4) is 28.7 Å². The molecule has 1 heterocycles. The molecule has 2 N–H and O–H groups in total. The zero-order chi connectivity index (χ0) is 24.7. The molecule has 2 aromatic carbocycles. The average molecular weight is 545 g/mol. The van der Waals surface area contributed by atoms with Crippen molar-refractivity contribution in [3.05, 3.63) is 41.5 Å². The van der Waals surface area contributed by atoms with E-state index in [2.05, 4.69) is 19.0 Å². The van der Waals surface area contributed by atoms with E-state index >= 15 is 0 Å². The molecule has 0 aliphatic carbocycles. The Hall–Kier alpha value is -2.39. The second-order valence-electron chi connectivity index (χ2n) is 8.65. The topological polar surface area (TPSA) is 86.5 Å². The Morgan fingerprint density at radius 3 is 2.17 bits per heavy atom. The second kappa shape index (κ2) is 15.0. The highest BCUT2D eigenvalue weighted by Gasteiger charge is 2.30. The van der Waals surface area contributed by atoms with Crippen molar-refractivity contribution in [1.29, 1.82) is 0 Å². The van der Waals surface area contributed by atoms with Crippen LogP contribution in [0, 0.1) is 0 Å². The molecular weight excluding hydrogens is 505 g/mol. The van der Waals surface area contributed by atoms with Gasteiger partial charge in [0.15, 0.2) is 11.5 Å². The first-order valence-corrected chi connectivity index (χ1v) is 11.7. The number of ether oxygens (including phenoxy) is 4. The summed E-state index contributed by atoms with van der Waals surface area (Å²) in [6.07, 6.45) is 3.73. The number of methoxy groups -OCH3 is 3. The highest BCUT2D eigenvalue weighted by molar-refractivity contribution is 5.99. The lowest BCUT2D eigenvalue weighted by Crippen LogP contribution is -2.34. The lowest BCUT2D eigenvalue weighted by atomic mass is 10.1. The van der Waals surface area contributed by atoms with Crippen molar-refractivity contribution in [2.75, 3.05) is 55.1 Å². The van der Waals surface area contributed by atoms with Crippen LogP contribution in [0.5, 0.6) is 28.7 Å². The average Bonchev–Trinajstić information content (AvgIpc) is 3.10. The molecule has 3 rings (SSSR count). The van der Waals surface area contributed by atoms with E-state index in [0.29, 0.717) is 60.0 Å². The number of carbonyl (C=O) groups is 1. The highest BCUT2D eigenvalue weighted by atomic mass is 35.5. The van der Waals surface area contributed by atoms with Gasteiger partial charge < -0.3 is 34.5 Å². The van der Waals surface area contributed by atoms with Gasteiger partial charge in [-0.25, -0.2) is 0 Å². The standard InChI is InChI=1S/C26H37N3O5.2ClH/c1-28(2)19-7-6-15-29(16-13-19)26(30)21-17-22(24(32-4)25(33-5)23(21)31-3)34-20-10-8-18(9-11-20)12-14-27;;/h8-11,17,19H,6-7,12-16,27H2,1-5H3;2*1H. The molecular formula is C26H39Cl2N3O5. The van der Waals surface area contributed by atoms with Gasteiger partial charge in [-0.3, -0.25) is 4.79 Å². The van der Waals surface area contributed by atoms with Gasteiger partial charge >= 0.3 is 0 Å². The molecule has 8 nitrogen and oxygen atoms in total. The number of likely N-dealkylation sites (tertiary alicyclic amines) is 1. The fourth-order valence-electron chi connectivity index (χ4n) is 4.40. The fraction of sp³-hybridized carbons (Fsp3) is 0.500. The highest BCUT2D eigenvalue weighted by Crippen LogP contribution is 2.48. The van der Waals surface area contributed by atoms with E-state index < -0.39 is 0 Å². The minimum Gasteiger partial charge on any atom is -0.492 e. The van der Waals surface area contributed by atoms with Crippen molar-refractivity contribution in [1.82, 2.24) is 9.80 Å². The normalized spacial score (nSPS) is 15.3. The van der Waals surface area contributed by atoms with Crippen LogP contribution in [0.1, 0.15) is 35.2 Å². The van der Waals surface area contributed by atoms with Gasteiger partial charge in [0.25, 0.3) is 5.91 Å². The molecule has 0 radical (unpaired) electrons. The molecule has 1 atom stereocenters. The summed E-state index contributed by atoms with van der Waals surface area (Å²) in [5, 5.41) is 0. The largest absolute Gasteiger partial charge is 0.492 e. The predicted octanol–water partition coefficient (Wildman–Crippen LogP) is 4.41. The first-order valence-electron chi connectivity index (χ1n) is 11.7. The van der Waals surface area contributed by atoms with Crippen molar-refractivity contribution in [2.45, 2.75) is 31.7 Å². The molecule has 1 saturated heterocycles. The molecule has 0 spiro atoms. The van der Waals surface area contributed by atoms with Crippen LogP contribution in [0.25, 0.3) is 0 Å². The van der Waals surface area contributed by atoms with E-state index in [-0.39, 0.29) is 30.7 Å². The maximum absolute atomic E-state index is 13.7. The number of amides is 1. The molecule has 1 aliphatic heterocycles. The summed E-state index contributed by atoms with van der Waals surface area (Å²) in [6, 6.07) is 9.84. The number of hydrogen-bond acceptors (Lipinski definition) is 7. The zero-order valence-corrected chi connectivity index (χ0v) is 23.4. The number of carbonyl (C=O) groups excluding carboxylic acids is 1. The number of nitrogens with two attached hydrogens (primary N) is 1. The summed E-state index contributed by atoms with van der Waals surface area (Å²) in [5.74, 6) is 1.92. The van der Waals surface area contributed by atoms with Crippen molar-refractivity contribution in [3.63, 3.8) is 0 Å². The predicted molar refractivity (Wildman–Crippen MR) is 147 cm³/mol. The lowest BCUT2D eigenvalue weighted by Gasteiger charge is -2.25. The molecule has 36 heavy (non-hydrogen) atoms. The van der Waals surface area contributed by atoms with E-state index in [9.17, 15) is 4.79 Å². The number of benzene rings is 2. The van der Waals surface area contributed by atoms with E-state index in [1.165, 1.54) is 21.3 Å². The number of nitrogens with zero attached hydrogens (tertiary/aromatic N) is 2. The van der Waals surface area contributed by atoms with Crippen LogP contribution in [0.3, 0.4) is 0 Å². The first-order chi connectivity index (χ1) is 16.4. The van der Waals surface area contributed by atoms with Gasteiger partial charge in [-0.05, 0) is 64.0 Å². The molecule has 0 bridgehead atoms. The molecule has 2 aromatic rings. The lowest BCUT2D eigenvalue weighted by molar-refractivity contribution is 0.0754. The minimum absolute atomic E-state index is 0. The maximum Gasteiger partial charge on any atom is 0.257 e. The third kappa shape index (κ3) is 7.32. The quantitative estimate of drug-likeness (QED) is 0.501. The summed E-state index contributed by atoms with van der Waals surface area (Å²) in [7, 11) is 8.76. The molecule has 1 amide bonds. The van der Waals surface area contributed by atoms with E-state index in [0.717, 1.165) is 31.2 Å². The smallest absolute Gasteiger partial charge is 0.257 e. The molecule has 10 heteroatoms. The summed E-state index contributed by atoms with van der Waals surface area (Å²) < 4.78 is 23.0. The Morgan fingerprint density at radius 2 is 1.61 bits per heavy atom. The van der Waals surface area contributed by atoms with Crippen LogP contribution < -0.4 is 24.7 Å². The summed E-state index contributed by atoms with van der Waals surface area (Å²) >= 11 is 0. The number of hydrogen-bond donors (Lipinski definition) is 1. The third-order valence-corrected chi connectivity index (χ3v) is 6.30. The maximum atomic E-state index is 13.7. The van der Waals surface area contributed by atoms with Crippen LogP contribution in [0.15, 0.2) is 30.3 Å². The van der Waals surface area contributed by atoms with Gasteiger partial charge in [-0.1, -0.05) is 12.1 Å². The Balaban J connectivity index is 0.00000324. The first kappa shape index (κ1) is 31.6. The molecule has 1 unspecified atom stereocenters. The Labute approximate surface area is 226 Å². The van der Waals surface area contributed by atoms with Gasteiger partial charge in [0.05, 0.1) is 26.9 Å². The fourth-order valence-corrected chi connectivity index (χ4v) is 4.40. The third-order valence-electron chi connectivity index (χ3n) is 6.30. The molecule has 1 aliphatic rings. The summed E-state index contributed by atoms with van der Waals surface area (Å²) in [6.45, 7) is 1.96. The SMILES string of the molecule is COc1c(Oc2ccc(CCN)cc2)cc(C(=O)N2CCCC(N(C)C)CC2)c(OC)c1OC.Cl.Cl. The minimum atomic E-state index is -0.111. The second-order valence-corrected chi connectivity index (χ2v) is 8.65. The van der Waals surface area contributed by atoms with Crippen LogP contribution in [0.4, 0.5) is 0 Å². The van der Waals surface area contributed by atoms with E-state index in [1.54, 1.807) is 6.07 Å². The Morgan fingerprint density at radius 1 is 0.972 bits per heavy atom. The molecule has 202 valence electrons. The van der Waals surface area contributed by atoms with Crippen LogP contribution in [-0.4, -0.2) is 76.8 Å². The van der Waals surface area contributed by atoms with Crippen LogP contribution in [-0.2, 0) is 6.42 Å². The summed E-state index contributed by atoms with van der Waals surface area (Å²) in [4.78, 5) is 17.8. The molecule has 1 fully saturated rings. The van der Waals surface area contributed by atoms with Crippen LogP contribution >= 0.6 is 24.8 Å². The number of rotatable bonds is 9. The monoisotopic (exact) mass is 543 g/mol. The van der Waals surface area contributed by atoms with Crippen LogP contribution in [0.2, 0.25) is 0 Å². The summed E-state index contributed by atoms with van der Waals surface area (Å²) in [5.41, 5.74) is 7.16. The zero-order valence-electron chi connectivity index (χ0n) is 21.7. The number of halogens is 2. The van der Waals surface area contributed by atoms with Gasteiger partial charge in [-0.15, -0.1) is 24.8 Å². The molecule has 0 saturated carbocycles. The van der Waals surface area contributed by atoms with Gasteiger partial charge in [0.2, 0.25) is 11.5 Å². The van der Waals surface area contributed by atoms with E-state index in [4.69, 9.17) is 24.7 Å². The van der Waals surface area contributed by atoms with Gasteiger partial charge in [0, 0.05) is 25.2 Å². The van der Waals surface area contributed by atoms with Gasteiger partial charge in [-0.2, -0.15) is 0 Å².